The summed E-state index contributed by atoms with van der Waals surface area (Å²) >= 11 is 0. The highest BCUT2D eigenvalue weighted by Gasteiger charge is 2.54. The fourth-order valence-electron chi connectivity index (χ4n) is 1.86. The number of carbonyl (C=O) groups is 1. The van der Waals surface area contributed by atoms with E-state index in [0.717, 1.165) is 0 Å². The van der Waals surface area contributed by atoms with Gasteiger partial charge in [-0.15, -0.1) is 0 Å². The Bertz CT molecular complexity index is 423. The molecule has 0 saturated heterocycles. The summed E-state index contributed by atoms with van der Waals surface area (Å²) in [6.07, 6.45) is 1.59. The lowest BCUT2D eigenvalue weighted by Crippen LogP contribution is -2.45. The summed E-state index contributed by atoms with van der Waals surface area (Å²) in [5.74, 6) is 0.0589. The molecule has 2 heterocycles. The third-order valence-electron chi connectivity index (χ3n) is 2.84. The number of anilines is 1. The second kappa shape index (κ2) is 2.79. The van der Waals surface area contributed by atoms with Gasteiger partial charge in [-0.05, 0) is 6.07 Å². The molecule has 0 bridgehead atoms. The Morgan fingerprint density at radius 3 is 2.73 bits per heavy atom. The monoisotopic (exact) mass is 206 g/mol. The van der Waals surface area contributed by atoms with Gasteiger partial charge < -0.3 is 10.4 Å². The van der Waals surface area contributed by atoms with Crippen molar-refractivity contribution in [1.82, 2.24) is 4.98 Å². The van der Waals surface area contributed by atoms with E-state index in [1.165, 1.54) is 0 Å². The minimum Gasteiger partial charge on any atom is -0.375 e. The van der Waals surface area contributed by atoms with Crippen LogP contribution in [0.1, 0.15) is 26.3 Å². The Morgan fingerprint density at radius 1 is 1.47 bits per heavy atom. The SMILES string of the molecule is CC(C)(C)[C@]1(O)C(=O)Nc2ncccc21. The van der Waals surface area contributed by atoms with Gasteiger partial charge in [0.1, 0.15) is 5.82 Å². The minimum atomic E-state index is -1.49. The summed E-state index contributed by atoms with van der Waals surface area (Å²) in [4.78, 5) is 15.8. The second-order valence-corrected chi connectivity index (χ2v) is 4.81. The molecule has 0 fully saturated rings. The van der Waals surface area contributed by atoms with E-state index in [2.05, 4.69) is 10.3 Å². The Morgan fingerprint density at radius 2 is 2.13 bits per heavy atom. The van der Waals surface area contributed by atoms with Gasteiger partial charge in [0.2, 0.25) is 0 Å². The lowest BCUT2D eigenvalue weighted by Gasteiger charge is -2.34. The van der Waals surface area contributed by atoms with Gasteiger partial charge in [-0.25, -0.2) is 4.98 Å². The van der Waals surface area contributed by atoms with Crippen LogP contribution in [0.25, 0.3) is 0 Å². The molecule has 1 aromatic rings. The van der Waals surface area contributed by atoms with Crippen LogP contribution in [0.5, 0.6) is 0 Å². The lowest BCUT2D eigenvalue weighted by atomic mass is 9.73. The molecule has 0 saturated carbocycles. The molecule has 1 aromatic heterocycles. The predicted molar refractivity (Wildman–Crippen MR) is 56.2 cm³/mol. The highest BCUT2D eigenvalue weighted by Crippen LogP contribution is 2.46. The van der Waals surface area contributed by atoms with Crippen molar-refractivity contribution in [3.05, 3.63) is 23.9 Å². The van der Waals surface area contributed by atoms with Crippen molar-refractivity contribution < 1.29 is 9.90 Å². The molecule has 4 nitrogen and oxygen atoms in total. The largest absolute Gasteiger partial charge is 0.375 e. The van der Waals surface area contributed by atoms with Gasteiger partial charge >= 0.3 is 0 Å². The van der Waals surface area contributed by atoms with E-state index in [1.807, 2.05) is 20.8 Å². The third-order valence-corrected chi connectivity index (χ3v) is 2.84. The number of aromatic nitrogens is 1. The van der Waals surface area contributed by atoms with Crippen LogP contribution in [0.3, 0.4) is 0 Å². The number of pyridine rings is 1. The maximum Gasteiger partial charge on any atom is 0.262 e. The molecule has 2 N–H and O–H groups in total. The van der Waals surface area contributed by atoms with Crippen LogP contribution in [0.15, 0.2) is 18.3 Å². The summed E-state index contributed by atoms with van der Waals surface area (Å²) < 4.78 is 0. The van der Waals surface area contributed by atoms with E-state index >= 15 is 0 Å². The van der Waals surface area contributed by atoms with Crippen molar-refractivity contribution in [2.24, 2.45) is 5.41 Å². The van der Waals surface area contributed by atoms with Crippen molar-refractivity contribution in [3.8, 4) is 0 Å². The van der Waals surface area contributed by atoms with E-state index in [-0.39, 0.29) is 0 Å². The number of nitrogens with one attached hydrogen (secondary N) is 1. The molecule has 0 radical (unpaired) electrons. The molecule has 1 aliphatic rings. The Labute approximate surface area is 88.3 Å². The summed E-state index contributed by atoms with van der Waals surface area (Å²) in [5, 5.41) is 13.1. The second-order valence-electron chi connectivity index (χ2n) is 4.81. The molecular formula is C11H14N2O2. The number of amides is 1. The number of fused-ring (bicyclic) bond motifs is 1. The molecule has 1 amide bonds. The van der Waals surface area contributed by atoms with E-state index in [0.29, 0.717) is 11.4 Å². The van der Waals surface area contributed by atoms with Crippen LogP contribution in [0.4, 0.5) is 5.82 Å². The number of aliphatic hydroxyl groups is 1. The number of hydrogen-bond acceptors (Lipinski definition) is 3. The molecule has 1 atom stereocenters. The summed E-state index contributed by atoms with van der Waals surface area (Å²) in [6.45, 7) is 5.48. The molecule has 15 heavy (non-hydrogen) atoms. The molecule has 0 unspecified atom stereocenters. The highest BCUT2D eigenvalue weighted by atomic mass is 16.3. The van der Waals surface area contributed by atoms with E-state index in [9.17, 15) is 9.90 Å². The Kier molecular flexibility index (Phi) is 1.88. The molecule has 2 rings (SSSR count). The van der Waals surface area contributed by atoms with E-state index in [4.69, 9.17) is 0 Å². The first-order valence-electron chi connectivity index (χ1n) is 4.86. The van der Waals surface area contributed by atoms with Crippen molar-refractivity contribution in [2.75, 3.05) is 5.32 Å². The maximum absolute atomic E-state index is 11.8. The summed E-state index contributed by atoms with van der Waals surface area (Å²) in [6, 6.07) is 3.45. The quantitative estimate of drug-likeness (QED) is 0.672. The third kappa shape index (κ3) is 1.18. The fraction of sp³-hybridized carbons (Fsp3) is 0.455. The van der Waals surface area contributed by atoms with Crippen molar-refractivity contribution in [1.29, 1.82) is 0 Å². The molecular weight excluding hydrogens is 192 g/mol. The maximum atomic E-state index is 11.8. The van der Waals surface area contributed by atoms with Crippen LogP contribution in [-0.4, -0.2) is 16.0 Å². The minimum absolute atomic E-state index is 0.399. The van der Waals surface area contributed by atoms with Gasteiger partial charge in [0.25, 0.3) is 5.91 Å². The van der Waals surface area contributed by atoms with Crippen LogP contribution in [0.2, 0.25) is 0 Å². The van der Waals surface area contributed by atoms with Gasteiger partial charge in [0.15, 0.2) is 5.60 Å². The van der Waals surface area contributed by atoms with Crippen molar-refractivity contribution in [2.45, 2.75) is 26.4 Å². The predicted octanol–water partition coefficient (Wildman–Crippen LogP) is 1.27. The first kappa shape index (κ1) is 10.1. The first-order valence-corrected chi connectivity index (χ1v) is 4.86. The average Bonchev–Trinajstić information content (AvgIpc) is 2.40. The Balaban J connectivity index is 2.65. The van der Waals surface area contributed by atoms with Gasteiger partial charge in [0, 0.05) is 17.2 Å². The number of rotatable bonds is 0. The van der Waals surface area contributed by atoms with E-state index < -0.39 is 16.9 Å². The fourth-order valence-corrected chi connectivity index (χ4v) is 1.86. The smallest absolute Gasteiger partial charge is 0.262 e. The molecule has 0 aliphatic carbocycles. The van der Waals surface area contributed by atoms with Gasteiger partial charge in [0.05, 0.1) is 0 Å². The zero-order valence-corrected chi connectivity index (χ0v) is 9.03. The molecule has 4 heteroatoms. The average molecular weight is 206 g/mol. The van der Waals surface area contributed by atoms with Gasteiger partial charge in [-0.2, -0.15) is 0 Å². The molecule has 80 valence electrons. The topological polar surface area (TPSA) is 62.2 Å². The van der Waals surface area contributed by atoms with Gasteiger partial charge in [-0.3, -0.25) is 4.79 Å². The first-order chi connectivity index (χ1) is 6.87. The van der Waals surface area contributed by atoms with Crippen LogP contribution in [0, 0.1) is 5.41 Å². The Hall–Kier alpha value is -1.42. The number of nitrogens with zero attached hydrogens (tertiary/aromatic N) is 1. The molecule has 0 aromatic carbocycles. The van der Waals surface area contributed by atoms with Crippen LogP contribution < -0.4 is 5.32 Å². The van der Waals surface area contributed by atoms with Crippen LogP contribution in [-0.2, 0) is 10.4 Å². The van der Waals surface area contributed by atoms with Crippen LogP contribution >= 0.6 is 0 Å². The zero-order valence-electron chi connectivity index (χ0n) is 9.03. The van der Waals surface area contributed by atoms with E-state index in [1.54, 1.807) is 18.3 Å². The number of carbonyl (C=O) groups excluding carboxylic acids is 1. The standard InChI is InChI=1S/C11H14N2O2/c1-10(2,3)11(15)7-5-4-6-12-8(7)13-9(11)14/h4-6,15H,1-3H3,(H,12,13,14)/t11-/m1/s1. The van der Waals surface area contributed by atoms with Crippen molar-refractivity contribution >= 4 is 11.7 Å². The molecule has 1 aliphatic heterocycles. The zero-order chi connectivity index (χ0) is 11.3. The molecule has 0 spiro atoms. The van der Waals surface area contributed by atoms with Crippen molar-refractivity contribution in [3.63, 3.8) is 0 Å². The summed E-state index contributed by atoms with van der Waals surface area (Å²) in [5.41, 5.74) is -1.50. The number of hydrogen-bond donors (Lipinski definition) is 2. The van der Waals surface area contributed by atoms with Gasteiger partial charge in [-0.1, -0.05) is 26.8 Å². The highest BCUT2D eigenvalue weighted by molar-refractivity contribution is 6.04. The normalized spacial score (nSPS) is 24.9. The lowest BCUT2D eigenvalue weighted by molar-refractivity contribution is -0.146. The summed E-state index contributed by atoms with van der Waals surface area (Å²) in [7, 11) is 0.